The Labute approximate surface area is 206 Å². The van der Waals surface area contributed by atoms with E-state index in [9.17, 15) is 29.4 Å². The van der Waals surface area contributed by atoms with Gasteiger partial charge in [-0.2, -0.15) is 11.8 Å². The summed E-state index contributed by atoms with van der Waals surface area (Å²) in [7, 11) is 1.18. The summed E-state index contributed by atoms with van der Waals surface area (Å²) in [6.07, 6.45) is 0. The zero-order valence-electron chi connectivity index (χ0n) is 19.4. The number of benzene rings is 1. The average molecular weight is 512 g/mol. The highest BCUT2D eigenvalue weighted by Gasteiger charge is 2.42. The largest absolute Gasteiger partial charge is 0.508 e. The van der Waals surface area contributed by atoms with Crippen molar-refractivity contribution in [2.45, 2.75) is 30.8 Å². The Kier molecular flexibility index (Phi) is 8.81. The van der Waals surface area contributed by atoms with Crippen molar-refractivity contribution >= 4 is 35.5 Å². The summed E-state index contributed by atoms with van der Waals surface area (Å²) in [5.74, 6) is -4.92. The molecule has 2 amide bonds. The SMILES string of the molecule is COC(=O)[C@@H]1CSCc2c(O)cc(O)cc2C(=O)OC[C@H](C(C(N)=O)N2CCOCC2C)C(=O)N1. The third kappa shape index (κ3) is 6.16. The Morgan fingerprint density at radius 1 is 1.29 bits per heavy atom. The third-order valence-electron chi connectivity index (χ3n) is 5.94. The van der Waals surface area contributed by atoms with Gasteiger partial charge in [0.2, 0.25) is 11.8 Å². The maximum Gasteiger partial charge on any atom is 0.338 e. The van der Waals surface area contributed by atoms with Gasteiger partial charge in [0, 0.05) is 35.7 Å². The molecule has 0 radical (unpaired) electrons. The number of nitrogens with zero attached hydrogens (tertiary/aromatic N) is 1. The van der Waals surface area contributed by atoms with Crippen molar-refractivity contribution in [3.05, 3.63) is 23.3 Å². The van der Waals surface area contributed by atoms with Crippen LogP contribution in [0.25, 0.3) is 0 Å². The first kappa shape index (κ1) is 26.6. The maximum atomic E-state index is 13.4. The lowest BCUT2D eigenvalue weighted by Gasteiger charge is -2.40. The molecule has 5 N–H and O–H groups in total. The number of carbonyl (C=O) groups excluding carboxylic acids is 4. The number of primary amides is 1. The predicted octanol–water partition coefficient (Wildman–Crippen LogP) is -0.650. The predicted molar refractivity (Wildman–Crippen MR) is 124 cm³/mol. The molecule has 1 aromatic rings. The Hall–Kier alpha value is -3.03. The second-order valence-corrected chi connectivity index (χ2v) is 9.33. The van der Waals surface area contributed by atoms with Crippen LogP contribution in [0.1, 0.15) is 22.8 Å². The monoisotopic (exact) mass is 511 g/mol. The Bertz CT molecular complexity index is 989. The van der Waals surface area contributed by atoms with Crippen LogP contribution in [0.2, 0.25) is 0 Å². The first-order valence-electron chi connectivity index (χ1n) is 10.9. The lowest BCUT2D eigenvalue weighted by molar-refractivity contribution is -0.147. The molecule has 2 aliphatic rings. The van der Waals surface area contributed by atoms with Gasteiger partial charge < -0.3 is 35.5 Å². The summed E-state index contributed by atoms with van der Waals surface area (Å²) < 4.78 is 15.6. The van der Waals surface area contributed by atoms with Crippen molar-refractivity contribution in [1.29, 1.82) is 0 Å². The van der Waals surface area contributed by atoms with Gasteiger partial charge in [-0.25, -0.2) is 9.59 Å². The van der Waals surface area contributed by atoms with Gasteiger partial charge in [0.05, 0.1) is 31.8 Å². The fourth-order valence-corrected chi connectivity index (χ4v) is 5.22. The summed E-state index contributed by atoms with van der Waals surface area (Å²) in [5, 5.41) is 22.8. The number of fused-ring (bicyclic) bond motifs is 1. The summed E-state index contributed by atoms with van der Waals surface area (Å²) in [5.41, 5.74) is 5.80. The van der Waals surface area contributed by atoms with E-state index in [1.165, 1.54) is 7.11 Å². The number of nitrogens with one attached hydrogen (secondary N) is 1. The fraction of sp³-hybridized carbons (Fsp3) is 0.545. The normalized spacial score (nSPS) is 25.1. The van der Waals surface area contributed by atoms with E-state index in [0.717, 1.165) is 23.9 Å². The Morgan fingerprint density at radius 2 is 2.03 bits per heavy atom. The number of phenols is 2. The van der Waals surface area contributed by atoms with E-state index in [1.807, 2.05) is 6.92 Å². The van der Waals surface area contributed by atoms with Crippen molar-refractivity contribution in [2.24, 2.45) is 11.7 Å². The molecule has 0 spiro atoms. The van der Waals surface area contributed by atoms with Crippen LogP contribution in [0, 0.1) is 5.92 Å². The number of ether oxygens (including phenoxy) is 3. The quantitative estimate of drug-likeness (QED) is 0.378. The topological polar surface area (TPSA) is 178 Å². The maximum absolute atomic E-state index is 13.4. The third-order valence-corrected chi connectivity index (χ3v) is 7.01. The molecule has 2 aliphatic heterocycles. The minimum Gasteiger partial charge on any atom is -0.508 e. The van der Waals surface area contributed by atoms with E-state index in [1.54, 1.807) is 4.90 Å². The minimum absolute atomic E-state index is 0.0507. The summed E-state index contributed by atoms with van der Waals surface area (Å²) >= 11 is 1.15. The van der Waals surface area contributed by atoms with E-state index in [-0.39, 0.29) is 40.2 Å². The molecular formula is C22H29N3O9S. The van der Waals surface area contributed by atoms with E-state index in [0.29, 0.717) is 19.8 Å². The number of hydrogen-bond acceptors (Lipinski definition) is 11. The number of morpholine rings is 1. The van der Waals surface area contributed by atoms with E-state index >= 15 is 0 Å². The van der Waals surface area contributed by atoms with Crippen LogP contribution < -0.4 is 11.1 Å². The summed E-state index contributed by atoms with van der Waals surface area (Å²) in [4.78, 5) is 52.9. The van der Waals surface area contributed by atoms with Crippen LogP contribution >= 0.6 is 11.8 Å². The van der Waals surface area contributed by atoms with E-state index in [2.05, 4.69) is 5.32 Å². The number of nitrogens with two attached hydrogens (primary N) is 1. The molecule has 35 heavy (non-hydrogen) atoms. The number of rotatable bonds is 4. The molecule has 13 heteroatoms. The molecule has 0 saturated carbocycles. The van der Waals surface area contributed by atoms with Gasteiger partial charge in [0.15, 0.2) is 0 Å². The molecule has 12 nitrogen and oxygen atoms in total. The van der Waals surface area contributed by atoms with Gasteiger partial charge in [-0.15, -0.1) is 0 Å². The van der Waals surface area contributed by atoms with E-state index < -0.39 is 48.4 Å². The molecular weight excluding hydrogens is 482 g/mol. The van der Waals surface area contributed by atoms with Crippen LogP contribution in [0.5, 0.6) is 11.5 Å². The van der Waals surface area contributed by atoms with Crippen LogP contribution in [0.15, 0.2) is 12.1 Å². The van der Waals surface area contributed by atoms with Gasteiger partial charge in [-0.1, -0.05) is 0 Å². The lowest BCUT2D eigenvalue weighted by atomic mass is 9.95. The first-order valence-corrected chi connectivity index (χ1v) is 12.1. The zero-order valence-corrected chi connectivity index (χ0v) is 20.2. The number of methoxy groups -OCH3 is 1. The van der Waals surface area contributed by atoms with Crippen molar-refractivity contribution in [3.63, 3.8) is 0 Å². The number of cyclic esters (lactones) is 1. The van der Waals surface area contributed by atoms with Crippen molar-refractivity contribution < 1.29 is 43.6 Å². The number of hydrogen-bond donors (Lipinski definition) is 4. The highest BCUT2D eigenvalue weighted by Crippen LogP contribution is 2.32. The highest BCUT2D eigenvalue weighted by molar-refractivity contribution is 7.98. The molecule has 2 heterocycles. The van der Waals surface area contributed by atoms with Gasteiger partial charge in [-0.05, 0) is 13.0 Å². The number of phenolic OH excluding ortho intramolecular Hbond substituents is 2. The number of thioether (sulfide) groups is 1. The zero-order chi connectivity index (χ0) is 25.7. The number of carbonyl (C=O) groups is 4. The van der Waals surface area contributed by atoms with E-state index in [4.69, 9.17) is 19.9 Å². The highest BCUT2D eigenvalue weighted by atomic mass is 32.2. The molecule has 0 bridgehead atoms. The fourth-order valence-electron chi connectivity index (χ4n) is 4.14. The molecule has 2 unspecified atom stereocenters. The summed E-state index contributed by atoms with van der Waals surface area (Å²) in [6.45, 7) is 2.21. The van der Waals surface area contributed by atoms with Crippen LogP contribution in [-0.2, 0) is 34.3 Å². The smallest absolute Gasteiger partial charge is 0.338 e. The molecule has 3 rings (SSSR count). The van der Waals surface area contributed by atoms with Gasteiger partial charge >= 0.3 is 11.9 Å². The second-order valence-electron chi connectivity index (χ2n) is 8.30. The molecule has 1 fully saturated rings. The van der Waals surface area contributed by atoms with Crippen molar-refractivity contribution in [3.8, 4) is 11.5 Å². The standard InChI is InChI=1S/C22H29N3O9S/c1-11-7-33-4-3-25(11)18(19(23)28)14-8-34-21(30)13-5-12(26)6-17(27)15(13)9-35-10-16(22(31)32-2)24-20(14)29/h5-6,11,14,16,18,26-27H,3-4,7-10H2,1-2H3,(H2,23,28)(H,24,29)/t11?,14-,16+,18?/m1/s1. The summed E-state index contributed by atoms with van der Waals surface area (Å²) in [6, 6.07) is -0.260. The number of esters is 2. The molecule has 1 aromatic carbocycles. The van der Waals surface area contributed by atoms with Crippen molar-refractivity contribution in [2.75, 3.05) is 39.2 Å². The molecule has 0 aliphatic carbocycles. The number of aromatic hydroxyl groups is 2. The second kappa shape index (κ2) is 11.6. The number of amides is 2. The van der Waals surface area contributed by atoms with Gasteiger partial charge in [-0.3, -0.25) is 14.5 Å². The Balaban J connectivity index is 2.02. The van der Waals surface area contributed by atoms with Gasteiger partial charge in [0.1, 0.15) is 30.2 Å². The van der Waals surface area contributed by atoms with Crippen LogP contribution in [0.3, 0.4) is 0 Å². The van der Waals surface area contributed by atoms with Crippen LogP contribution in [-0.4, -0.2) is 96.2 Å². The Morgan fingerprint density at radius 3 is 2.69 bits per heavy atom. The molecule has 4 atom stereocenters. The lowest BCUT2D eigenvalue weighted by Crippen LogP contribution is -2.61. The molecule has 0 aromatic heterocycles. The molecule has 1 saturated heterocycles. The van der Waals surface area contributed by atoms with Crippen LogP contribution in [0.4, 0.5) is 0 Å². The van der Waals surface area contributed by atoms with Crippen molar-refractivity contribution in [1.82, 2.24) is 10.2 Å². The minimum atomic E-state index is -1.26. The molecule has 192 valence electrons. The first-order chi connectivity index (χ1) is 16.6. The average Bonchev–Trinajstić information content (AvgIpc) is 2.81. The van der Waals surface area contributed by atoms with Gasteiger partial charge in [0.25, 0.3) is 0 Å².